The Hall–Kier alpha value is -1.90. The fraction of sp³-hybridized carbons (Fsp3) is 0.421. The molecule has 9 heteroatoms. The molecule has 1 amide bonds. The fourth-order valence-electron chi connectivity index (χ4n) is 3.48. The van der Waals surface area contributed by atoms with Crippen molar-refractivity contribution in [3.63, 3.8) is 0 Å². The number of carbonyl (C=O) groups is 1. The van der Waals surface area contributed by atoms with Gasteiger partial charge in [-0.1, -0.05) is 18.5 Å². The maximum absolute atomic E-state index is 14.0. The van der Waals surface area contributed by atoms with Gasteiger partial charge >= 0.3 is 0 Å². The molecule has 28 heavy (non-hydrogen) atoms. The molecule has 152 valence electrons. The summed E-state index contributed by atoms with van der Waals surface area (Å²) in [4.78, 5) is 15.6. The molecule has 2 N–H and O–H groups in total. The highest BCUT2D eigenvalue weighted by molar-refractivity contribution is 7.89. The van der Waals surface area contributed by atoms with Crippen LogP contribution in [0.1, 0.15) is 41.5 Å². The van der Waals surface area contributed by atoms with Gasteiger partial charge in [-0.3, -0.25) is 4.79 Å². The van der Waals surface area contributed by atoms with Crippen LogP contribution in [0.4, 0.5) is 10.1 Å². The normalized spacial score (nSPS) is 16.3. The predicted octanol–water partition coefficient (Wildman–Crippen LogP) is 4.10. The predicted molar refractivity (Wildman–Crippen MR) is 107 cm³/mol. The first kappa shape index (κ1) is 20.8. The van der Waals surface area contributed by atoms with E-state index in [0.29, 0.717) is 30.3 Å². The standard InChI is InChI=1S/C19H23ClFN3O3S/c1-11-6-8-24(9-7-11)28(26,27)18-12(2)17(22-13(18)3)19(25)23-16-5-4-14(20)10-15(16)21/h4-5,10-11,22H,6-9H2,1-3H3,(H,23,25). The van der Waals surface area contributed by atoms with Crippen molar-refractivity contribution < 1.29 is 17.6 Å². The summed E-state index contributed by atoms with van der Waals surface area (Å²) >= 11 is 5.72. The second-order valence-corrected chi connectivity index (χ2v) is 9.56. The van der Waals surface area contributed by atoms with Crippen molar-refractivity contribution >= 4 is 33.2 Å². The average Bonchev–Trinajstić information content (AvgIpc) is 2.93. The molecule has 1 aliphatic heterocycles. The maximum atomic E-state index is 14.0. The molecule has 0 atom stereocenters. The lowest BCUT2D eigenvalue weighted by atomic mass is 10.0. The third kappa shape index (κ3) is 3.94. The van der Waals surface area contributed by atoms with Crippen LogP contribution < -0.4 is 5.32 Å². The number of aryl methyl sites for hydroxylation is 1. The van der Waals surface area contributed by atoms with Crippen molar-refractivity contribution in [2.45, 2.75) is 38.5 Å². The summed E-state index contributed by atoms with van der Waals surface area (Å²) in [7, 11) is -3.72. The minimum atomic E-state index is -3.72. The van der Waals surface area contributed by atoms with Crippen LogP contribution in [0.3, 0.4) is 0 Å². The number of rotatable bonds is 4. The Morgan fingerprint density at radius 1 is 1.29 bits per heavy atom. The van der Waals surface area contributed by atoms with Crippen LogP contribution in [0, 0.1) is 25.6 Å². The van der Waals surface area contributed by atoms with Gasteiger partial charge in [-0.2, -0.15) is 4.31 Å². The Labute approximate surface area is 169 Å². The van der Waals surface area contributed by atoms with E-state index < -0.39 is 21.7 Å². The number of sulfonamides is 1. The molecule has 2 aromatic rings. The lowest BCUT2D eigenvalue weighted by molar-refractivity contribution is 0.102. The van der Waals surface area contributed by atoms with Gasteiger partial charge in [0.05, 0.1) is 5.69 Å². The number of piperidine rings is 1. The first-order chi connectivity index (χ1) is 13.1. The van der Waals surface area contributed by atoms with Gasteiger partial charge in [0.25, 0.3) is 5.91 Å². The molecule has 0 spiro atoms. The van der Waals surface area contributed by atoms with Crippen LogP contribution in [0.15, 0.2) is 23.1 Å². The van der Waals surface area contributed by atoms with Crippen LogP contribution >= 0.6 is 11.6 Å². The second kappa shape index (κ2) is 7.85. The number of carbonyl (C=O) groups excluding carboxylic acids is 1. The Kier molecular flexibility index (Phi) is 5.84. The van der Waals surface area contributed by atoms with Gasteiger partial charge in [0.2, 0.25) is 10.0 Å². The van der Waals surface area contributed by atoms with E-state index in [2.05, 4.69) is 17.2 Å². The Bertz CT molecular complexity index is 1010. The minimum Gasteiger partial charge on any atom is -0.353 e. The molecule has 0 bridgehead atoms. The van der Waals surface area contributed by atoms with E-state index >= 15 is 0 Å². The second-order valence-electron chi connectivity index (χ2n) is 7.24. The van der Waals surface area contributed by atoms with Gasteiger partial charge in [0.1, 0.15) is 16.4 Å². The molecule has 0 radical (unpaired) electrons. The number of anilines is 1. The van der Waals surface area contributed by atoms with Gasteiger partial charge < -0.3 is 10.3 Å². The summed E-state index contributed by atoms with van der Waals surface area (Å²) in [6, 6.07) is 3.91. The van der Waals surface area contributed by atoms with E-state index in [0.717, 1.165) is 18.9 Å². The largest absolute Gasteiger partial charge is 0.353 e. The van der Waals surface area contributed by atoms with Gasteiger partial charge in [-0.15, -0.1) is 0 Å². The third-order valence-corrected chi connectivity index (χ3v) is 7.52. The SMILES string of the molecule is Cc1[nH]c(C(=O)Nc2ccc(Cl)cc2F)c(C)c1S(=O)(=O)N1CCC(C)CC1. The van der Waals surface area contributed by atoms with E-state index in [4.69, 9.17) is 11.6 Å². The van der Waals surface area contributed by atoms with Crippen molar-refractivity contribution in [3.05, 3.63) is 46.0 Å². The summed E-state index contributed by atoms with van der Waals surface area (Å²) < 4.78 is 41.7. The van der Waals surface area contributed by atoms with Gasteiger partial charge in [0, 0.05) is 23.8 Å². The lowest BCUT2D eigenvalue weighted by Gasteiger charge is -2.29. The van der Waals surface area contributed by atoms with Crippen molar-refractivity contribution in [3.8, 4) is 0 Å². The number of hydrogen-bond acceptors (Lipinski definition) is 3. The summed E-state index contributed by atoms with van der Waals surface area (Å²) in [6.07, 6.45) is 1.62. The van der Waals surface area contributed by atoms with Crippen LogP contribution in [0.25, 0.3) is 0 Å². The van der Waals surface area contributed by atoms with Crippen molar-refractivity contribution in [1.82, 2.24) is 9.29 Å². The average molecular weight is 428 g/mol. The van der Waals surface area contributed by atoms with Crippen LogP contribution in [0.2, 0.25) is 5.02 Å². The van der Waals surface area contributed by atoms with Crippen LogP contribution in [-0.4, -0.2) is 36.7 Å². The van der Waals surface area contributed by atoms with E-state index in [9.17, 15) is 17.6 Å². The molecule has 3 rings (SSSR count). The summed E-state index contributed by atoms with van der Waals surface area (Å²) in [5.74, 6) is -0.789. The number of benzene rings is 1. The molecule has 1 aliphatic rings. The third-order valence-electron chi connectivity index (χ3n) is 5.12. The van der Waals surface area contributed by atoms with Gasteiger partial charge in [-0.25, -0.2) is 12.8 Å². The molecule has 1 saturated heterocycles. The van der Waals surface area contributed by atoms with Crippen molar-refractivity contribution in [2.24, 2.45) is 5.92 Å². The van der Waals surface area contributed by atoms with E-state index in [1.54, 1.807) is 13.8 Å². The molecule has 0 aliphatic carbocycles. The maximum Gasteiger partial charge on any atom is 0.272 e. The lowest BCUT2D eigenvalue weighted by Crippen LogP contribution is -2.38. The minimum absolute atomic E-state index is 0.0320. The number of nitrogens with zero attached hydrogens (tertiary/aromatic N) is 1. The molecule has 1 fully saturated rings. The number of H-pyrrole nitrogens is 1. The van der Waals surface area contributed by atoms with Crippen molar-refractivity contribution in [1.29, 1.82) is 0 Å². The summed E-state index contributed by atoms with van der Waals surface area (Å²) in [6.45, 7) is 6.23. The zero-order valence-corrected chi connectivity index (χ0v) is 17.5. The van der Waals surface area contributed by atoms with Crippen LogP contribution in [0.5, 0.6) is 0 Å². The smallest absolute Gasteiger partial charge is 0.272 e. The Balaban J connectivity index is 1.90. The zero-order chi connectivity index (χ0) is 20.6. The van der Waals surface area contributed by atoms with Gasteiger partial charge in [0.15, 0.2) is 0 Å². The summed E-state index contributed by atoms with van der Waals surface area (Å²) in [5.41, 5.74) is 0.770. The quantitative estimate of drug-likeness (QED) is 0.770. The molecular formula is C19H23ClFN3O3S. The monoisotopic (exact) mass is 427 g/mol. The summed E-state index contributed by atoms with van der Waals surface area (Å²) in [5, 5.41) is 2.67. The number of amides is 1. The molecule has 0 unspecified atom stereocenters. The Morgan fingerprint density at radius 2 is 1.93 bits per heavy atom. The number of aromatic nitrogens is 1. The molecule has 6 nitrogen and oxygen atoms in total. The first-order valence-corrected chi connectivity index (χ1v) is 10.9. The van der Waals surface area contributed by atoms with Gasteiger partial charge in [-0.05, 0) is 56.4 Å². The number of hydrogen-bond donors (Lipinski definition) is 2. The number of aromatic amines is 1. The van der Waals surface area contributed by atoms with Crippen LogP contribution in [-0.2, 0) is 10.0 Å². The zero-order valence-electron chi connectivity index (χ0n) is 16.0. The van der Waals surface area contributed by atoms with E-state index in [1.165, 1.54) is 16.4 Å². The fourth-order valence-corrected chi connectivity index (χ4v) is 5.51. The van der Waals surface area contributed by atoms with E-state index in [-0.39, 0.29) is 21.3 Å². The number of halogens is 2. The topological polar surface area (TPSA) is 82.3 Å². The molecule has 1 aromatic carbocycles. The first-order valence-electron chi connectivity index (χ1n) is 9.07. The molecule has 1 aromatic heterocycles. The highest BCUT2D eigenvalue weighted by Gasteiger charge is 2.33. The van der Waals surface area contributed by atoms with Crippen molar-refractivity contribution in [2.75, 3.05) is 18.4 Å². The molecule has 2 heterocycles. The number of nitrogens with one attached hydrogen (secondary N) is 2. The molecular weight excluding hydrogens is 405 g/mol. The Morgan fingerprint density at radius 3 is 2.54 bits per heavy atom. The highest BCUT2D eigenvalue weighted by Crippen LogP contribution is 2.30. The molecule has 0 saturated carbocycles. The van der Waals surface area contributed by atoms with E-state index in [1.807, 2.05) is 0 Å². The highest BCUT2D eigenvalue weighted by atomic mass is 35.5.